The fourth-order valence-electron chi connectivity index (χ4n) is 4.15. The predicted octanol–water partition coefficient (Wildman–Crippen LogP) is 4.02. The summed E-state index contributed by atoms with van der Waals surface area (Å²) in [7, 11) is 4.57. The molecule has 0 saturated heterocycles. The summed E-state index contributed by atoms with van der Waals surface area (Å²) in [6.07, 6.45) is 1.82. The third kappa shape index (κ3) is 3.41. The van der Waals surface area contributed by atoms with E-state index < -0.39 is 16.8 Å². The number of aromatic nitrogens is 2. The summed E-state index contributed by atoms with van der Waals surface area (Å²) >= 11 is 1.11. The van der Waals surface area contributed by atoms with Gasteiger partial charge in [-0.25, -0.2) is 4.39 Å². The number of fused-ring (bicyclic) bond motifs is 2. The second-order valence-electron chi connectivity index (χ2n) is 7.84. The molecule has 0 spiro atoms. The van der Waals surface area contributed by atoms with Crippen molar-refractivity contribution in [3.8, 4) is 17.2 Å². The van der Waals surface area contributed by atoms with Gasteiger partial charge in [-0.05, 0) is 42.6 Å². The summed E-state index contributed by atoms with van der Waals surface area (Å²) < 4.78 is 36.2. The number of hydrogen-bond donors (Lipinski definition) is 2. The minimum Gasteiger partial charge on any atom is -0.497 e. The van der Waals surface area contributed by atoms with E-state index in [1.54, 1.807) is 26.4 Å². The Bertz CT molecular complexity index is 1500. The highest BCUT2D eigenvalue weighted by molar-refractivity contribution is 7.12. The molecule has 1 aliphatic carbocycles. The highest BCUT2D eigenvalue weighted by Crippen LogP contribution is 2.44. The fraction of sp³-hybridized carbons (Fsp3) is 0.304. The molecule has 8 nitrogen and oxygen atoms in total. The van der Waals surface area contributed by atoms with Crippen LogP contribution in [0, 0.1) is 5.82 Å². The van der Waals surface area contributed by atoms with E-state index in [9.17, 15) is 9.59 Å². The van der Waals surface area contributed by atoms with Crippen molar-refractivity contribution in [2.75, 3.05) is 26.6 Å². The maximum Gasteiger partial charge on any atom is 0.271 e. The smallest absolute Gasteiger partial charge is 0.271 e. The molecule has 0 amide bonds. The lowest BCUT2D eigenvalue weighted by Gasteiger charge is -2.19. The first-order valence-electron chi connectivity index (χ1n) is 10.4. The molecule has 0 radical (unpaired) electrons. The third-order valence-electron chi connectivity index (χ3n) is 5.89. The van der Waals surface area contributed by atoms with Gasteiger partial charge in [0.1, 0.15) is 27.4 Å². The number of halogens is 1. The number of pyridine rings is 1. The predicted molar refractivity (Wildman–Crippen MR) is 126 cm³/mol. The topological polar surface area (TPSA) is 94.6 Å². The van der Waals surface area contributed by atoms with Crippen LogP contribution < -0.4 is 30.5 Å². The van der Waals surface area contributed by atoms with Crippen molar-refractivity contribution in [2.24, 2.45) is 0 Å². The maximum atomic E-state index is 15.3. The van der Waals surface area contributed by atoms with Crippen LogP contribution in [-0.2, 0) is 6.54 Å². The second kappa shape index (κ2) is 8.11. The number of methoxy groups -OCH3 is 3. The molecule has 0 aliphatic heterocycles. The first-order chi connectivity index (χ1) is 16.0. The summed E-state index contributed by atoms with van der Waals surface area (Å²) in [5.41, 5.74) is 0.459. The van der Waals surface area contributed by atoms with Gasteiger partial charge in [-0.15, -0.1) is 0 Å². The number of nitrogens with one attached hydrogen (secondary N) is 2. The zero-order valence-corrected chi connectivity index (χ0v) is 19.1. The second-order valence-corrected chi connectivity index (χ2v) is 8.63. The summed E-state index contributed by atoms with van der Waals surface area (Å²) in [4.78, 5) is 26.0. The van der Waals surface area contributed by atoms with Crippen LogP contribution in [-0.4, -0.2) is 30.3 Å². The number of benzene rings is 2. The van der Waals surface area contributed by atoms with Crippen molar-refractivity contribution in [3.63, 3.8) is 0 Å². The molecular formula is C23H22FN3O5S. The highest BCUT2D eigenvalue weighted by atomic mass is 32.1. The van der Waals surface area contributed by atoms with Crippen LogP contribution in [0.3, 0.4) is 0 Å². The summed E-state index contributed by atoms with van der Waals surface area (Å²) in [6, 6.07) is 6.68. The van der Waals surface area contributed by atoms with Gasteiger partial charge in [-0.3, -0.25) is 14.0 Å². The SMILES string of the molecule is COc1ccc(CNc2c(F)cc3c(=O)c4c(=O)[nH]sc4n(C4CC4)c3c2OC)c(OC)c1. The number of aromatic amines is 1. The van der Waals surface area contributed by atoms with E-state index in [4.69, 9.17) is 14.2 Å². The van der Waals surface area contributed by atoms with Crippen molar-refractivity contribution in [1.82, 2.24) is 8.94 Å². The van der Waals surface area contributed by atoms with Gasteiger partial charge in [0.05, 0.1) is 32.2 Å². The molecule has 10 heteroatoms. The van der Waals surface area contributed by atoms with Crippen LogP contribution in [0.4, 0.5) is 10.1 Å². The van der Waals surface area contributed by atoms with Gasteiger partial charge in [0, 0.05) is 24.2 Å². The van der Waals surface area contributed by atoms with Gasteiger partial charge < -0.3 is 24.1 Å². The van der Waals surface area contributed by atoms with E-state index in [1.807, 2.05) is 10.6 Å². The Hall–Kier alpha value is -3.53. The normalized spacial score (nSPS) is 13.5. The number of anilines is 1. The van der Waals surface area contributed by atoms with E-state index in [2.05, 4.69) is 9.69 Å². The van der Waals surface area contributed by atoms with Crippen molar-refractivity contribution < 1.29 is 18.6 Å². The van der Waals surface area contributed by atoms with E-state index in [0.29, 0.717) is 21.8 Å². The van der Waals surface area contributed by atoms with Gasteiger partial charge in [0.15, 0.2) is 11.6 Å². The Morgan fingerprint density at radius 1 is 1.15 bits per heavy atom. The standard InChI is InChI=1S/C23H22FN3O5S/c1-30-13-7-4-11(16(8-13)31-2)10-25-18-15(24)9-14-19(21(18)32-3)27(12-5-6-12)23-17(20(14)28)22(29)26-33-23/h4,7-9,12,25H,5-6,10H2,1-3H3,(H,26,29). The molecule has 2 heterocycles. The Morgan fingerprint density at radius 2 is 1.94 bits per heavy atom. The minimum atomic E-state index is -0.641. The Morgan fingerprint density at radius 3 is 2.61 bits per heavy atom. The lowest BCUT2D eigenvalue weighted by molar-refractivity contribution is 0.391. The molecule has 5 rings (SSSR count). The molecule has 0 bridgehead atoms. The van der Waals surface area contributed by atoms with Crippen LogP contribution in [0.15, 0.2) is 33.9 Å². The lowest BCUT2D eigenvalue weighted by Crippen LogP contribution is -2.17. The minimum absolute atomic E-state index is 0.0598. The van der Waals surface area contributed by atoms with Gasteiger partial charge in [0.25, 0.3) is 5.56 Å². The maximum absolute atomic E-state index is 15.3. The highest BCUT2D eigenvalue weighted by Gasteiger charge is 2.31. The average molecular weight is 472 g/mol. The summed E-state index contributed by atoms with van der Waals surface area (Å²) in [6.45, 7) is 0.249. The zero-order chi connectivity index (χ0) is 23.3. The zero-order valence-electron chi connectivity index (χ0n) is 18.3. The molecule has 33 heavy (non-hydrogen) atoms. The van der Waals surface area contributed by atoms with Crippen LogP contribution in [0.2, 0.25) is 0 Å². The lowest BCUT2D eigenvalue weighted by atomic mass is 10.1. The van der Waals surface area contributed by atoms with Crippen molar-refractivity contribution in [3.05, 3.63) is 56.2 Å². The Kier molecular flexibility index (Phi) is 5.24. The van der Waals surface area contributed by atoms with Gasteiger partial charge in [-0.1, -0.05) is 0 Å². The molecule has 2 aromatic heterocycles. The van der Waals surface area contributed by atoms with Gasteiger partial charge in [-0.2, -0.15) is 0 Å². The molecule has 0 unspecified atom stereocenters. The van der Waals surface area contributed by atoms with E-state index in [1.165, 1.54) is 13.2 Å². The third-order valence-corrected chi connectivity index (χ3v) is 6.77. The monoisotopic (exact) mass is 471 g/mol. The molecule has 1 fully saturated rings. The van der Waals surface area contributed by atoms with Gasteiger partial charge >= 0.3 is 0 Å². The Balaban J connectivity index is 1.69. The van der Waals surface area contributed by atoms with Crippen molar-refractivity contribution >= 4 is 38.3 Å². The van der Waals surface area contributed by atoms with Crippen LogP contribution in [0.25, 0.3) is 21.1 Å². The van der Waals surface area contributed by atoms with E-state index in [0.717, 1.165) is 29.9 Å². The van der Waals surface area contributed by atoms with Crippen LogP contribution in [0.1, 0.15) is 24.4 Å². The molecule has 172 valence electrons. The Labute approximate surface area is 191 Å². The summed E-state index contributed by atoms with van der Waals surface area (Å²) in [5, 5.41) is 3.30. The first-order valence-corrected chi connectivity index (χ1v) is 11.2. The molecule has 1 aliphatic rings. The molecular weight excluding hydrogens is 449 g/mol. The largest absolute Gasteiger partial charge is 0.497 e. The first kappa shape index (κ1) is 21.3. The molecule has 1 saturated carbocycles. The van der Waals surface area contributed by atoms with E-state index in [-0.39, 0.29) is 34.8 Å². The van der Waals surface area contributed by atoms with Gasteiger partial charge in [0.2, 0.25) is 5.43 Å². The fourth-order valence-corrected chi connectivity index (χ4v) is 5.07. The number of hydrogen-bond acceptors (Lipinski definition) is 7. The van der Waals surface area contributed by atoms with Crippen LogP contribution in [0.5, 0.6) is 17.2 Å². The number of rotatable bonds is 7. The van der Waals surface area contributed by atoms with Crippen LogP contribution >= 0.6 is 11.5 Å². The van der Waals surface area contributed by atoms with Crippen molar-refractivity contribution in [2.45, 2.75) is 25.4 Å². The number of H-pyrrole nitrogens is 1. The van der Waals surface area contributed by atoms with E-state index >= 15 is 4.39 Å². The summed E-state index contributed by atoms with van der Waals surface area (Å²) in [5.74, 6) is 0.824. The average Bonchev–Trinajstić information content (AvgIpc) is 3.59. The quantitative estimate of drug-likeness (QED) is 0.423. The number of nitrogens with zero attached hydrogens (tertiary/aromatic N) is 1. The van der Waals surface area contributed by atoms with Crippen molar-refractivity contribution in [1.29, 1.82) is 0 Å². The molecule has 4 aromatic rings. The number of ether oxygens (including phenoxy) is 3. The molecule has 2 aromatic carbocycles. The molecule has 0 atom stereocenters. The molecule has 2 N–H and O–H groups in total.